The van der Waals surface area contributed by atoms with Gasteiger partial charge in [0.25, 0.3) is 0 Å². The van der Waals surface area contributed by atoms with Gasteiger partial charge in [-0.05, 0) is 41.8 Å². The topological polar surface area (TPSA) is 106 Å². The van der Waals surface area contributed by atoms with Crippen molar-refractivity contribution in [3.8, 4) is 5.69 Å². The lowest BCUT2D eigenvalue weighted by molar-refractivity contribution is -0.122. The maximum absolute atomic E-state index is 14.1. The van der Waals surface area contributed by atoms with E-state index in [1.807, 2.05) is 30.3 Å². The van der Waals surface area contributed by atoms with Gasteiger partial charge in [-0.15, -0.1) is 0 Å². The highest BCUT2D eigenvalue weighted by atomic mass is 32.2. The number of hydrogen-bond donors (Lipinski definition) is 2. The van der Waals surface area contributed by atoms with Crippen LogP contribution in [0, 0.1) is 5.82 Å². The molecular weight excluding hydrogens is 457 g/mol. The van der Waals surface area contributed by atoms with E-state index in [4.69, 9.17) is 0 Å². The molecule has 1 aromatic heterocycles. The highest BCUT2D eigenvalue weighted by Crippen LogP contribution is 2.15. The maximum Gasteiger partial charge on any atom is 0.244 e. The summed E-state index contributed by atoms with van der Waals surface area (Å²) in [5, 5.41) is 6.83. The molecule has 0 bridgehead atoms. The molecule has 4 rings (SSSR count). The number of hydrogen-bond acceptors (Lipinski definition) is 5. The lowest BCUT2D eigenvalue weighted by Crippen LogP contribution is -2.47. The Morgan fingerprint density at radius 2 is 1.65 bits per heavy atom. The lowest BCUT2D eigenvalue weighted by atomic mass is 10.1. The van der Waals surface area contributed by atoms with Crippen LogP contribution in [0.25, 0.3) is 5.69 Å². The van der Waals surface area contributed by atoms with Crippen molar-refractivity contribution in [3.63, 3.8) is 0 Å². The minimum Gasteiger partial charge on any atom is -0.351 e. The van der Waals surface area contributed by atoms with Gasteiger partial charge in [-0.1, -0.05) is 54.6 Å². The van der Waals surface area contributed by atoms with Crippen LogP contribution in [0.4, 0.5) is 4.39 Å². The lowest BCUT2D eigenvalue weighted by Gasteiger charge is -2.19. The molecule has 0 fully saturated rings. The van der Waals surface area contributed by atoms with Gasteiger partial charge in [-0.25, -0.2) is 22.5 Å². The van der Waals surface area contributed by atoms with E-state index >= 15 is 0 Å². The summed E-state index contributed by atoms with van der Waals surface area (Å²) in [5.41, 5.74) is 2.39. The number of aromatic nitrogens is 3. The van der Waals surface area contributed by atoms with E-state index in [1.165, 1.54) is 18.5 Å². The summed E-state index contributed by atoms with van der Waals surface area (Å²) in [6.45, 7) is 0.184. The zero-order valence-electron chi connectivity index (χ0n) is 18.0. The summed E-state index contributed by atoms with van der Waals surface area (Å²) in [6, 6.07) is 20.2. The first kappa shape index (κ1) is 23.3. The summed E-state index contributed by atoms with van der Waals surface area (Å²) in [5.74, 6) is -1.41. The summed E-state index contributed by atoms with van der Waals surface area (Å²) >= 11 is 0. The van der Waals surface area contributed by atoms with Gasteiger partial charge in [0.05, 0.1) is 5.69 Å². The van der Waals surface area contributed by atoms with Crippen LogP contribution in [0.3, 0.4) is 0 Å². The molecule has 0 spiro atoms. The fourth-order valence-corrected chi connectivity index (χ4v) is 4.65. The number of rotatable bonds is 9. The maximum atomic E-state index is 14.1. The fraction of sp³-hybridized carbons (Fsp3) is 0.125. The molecule has 3 aromatic carbocycles. The highest BCUT2D eigenvalue weighted by Gasteiger charge is 2.27. The van der Waals surface area contributed by atoms with Crippen LogP contribution in [0.1, 0.15) is 11.1 Å². The predicted molar refractivity (Wildman–Crippen MR) is 124 cm³/mol. The molecule has 1 atom stereocenters. The van der Waals surface area contributed by atoms with Crippen molar-refractivity contribution < 1.29 is 17.6 Å². The number of carbonyl (C=O) groups is 1. The molecule has 1 unspecified atom stereocenters. The molecule has 34 heavy (non-hydrogen) atoms. The normalized spacial score (nSPS) is 12.3. The second kappa shape index (κ2) is 10.4. The number of nitrogens with zero attached hydrogens (tertiary/aromatic N) is 3. The smallest absolute Gasteiger partial charge is 0.244 e. The Morgan fingerprint density at radius 1 is 0.941 bits per heavy atom. The Kier molecular flexibility index (Phi) is 7.09. The monoisotopic (exact) mass is 479 g/mol. The number of nitrogens with one attached hydrogen (secondary N) is 2. The van der Waals surface area contributed by atoms with Crippen molar-refractivity contribution in [1.29, 1.82) is 0 Å². The van der Waals surface area contributed by atoms with Crippen molar-refractivity contribution in [2.75, 3.05) is 0 Å². The van der Waals surface area contributed by atoms with Crippen LogP contribution in [0.2, 0.25) is 0 Å². The standard InChI is InChI=1S/C24H22FN5O3S/c25-21-8-4-5-9-23(21)34(32,33)29-22(14-18-6-2-1-3-7-18)24(31)27-15-19-10-12-20(13-11-19)30-17-26-16-28-30/h1-13,16-17,22,29H,14-15H2,(H,27,31). The van der Waals surface area contributed by atoms with E-state index in [2.05, 4.69) is 20.1 Å². The number of amides is 1. The van der Waals surface area contributed by atoms with Crippen LogP contribution < -0.4 is 10.0 Å². The summed E-state index contributed by atoms with van der Waals surface area (Å²) in [6.07, 6.45) is 3.11. The van der Waals surface area contributed by atoms with Gasteiger partial charge in [0.2, 0.25) is 15.9 Å². The minimum absolute atomic E-state index is 0.103. The zero-order chi connectivity index (χ0) is 24.0. The van der Waals surface area contributed by atoms with E-state index in [0.717, 1.165) is 28.9 Å². The second-order valence-electron chi connectivity index (χ2n) is 7.52. The molecule has 4 aromatic rings. The number of carbonyl (C=O) groups excluding carboxylic acids is 1. The molecule has 0 aliphatic rings. The van der Waals surface area contributed by atoms with Gasteiger partial charge in [0.15, 0.2) is 0 Å². The Morgan fingerprint density at radius 3 is 2.32 bits per heavy atom. The summed E-state index contributed by atoms with van der Waals surface area (Å²) in [7, 11) is -4.27. The van der Waals surface area contributed by atoms with Gasteiger partial charge >= 0.3 is 0 Å². The average molecular weight is 480 g/mol. The van der Waals surface area contributed by atoms with Gasteiger partial charge in [-0.3, -0.25) is 4.79 Å². The Balaban J connectivity index is 1.49. The van der Waals surface area contributed by atoms with Gasteiger partial charge in [0, 0.05) is 6.54 Å². The molecule has 1 amide bonds. The van der Waals surface area contributed by atoms with Crippen LogP contribution in [-0.2, 0) is 27.8 Å². The first-order valence-corrected chi connectivity index (χ1v) is 11.9. The molecule has 0 saturated heterocycles. The largest absolute Gasteiger partial charge is 0.351 e. The third-order valence-corrected chi connectivity index (χ3v) is 6.61. The van der Waals surface area contributed by atoms with Crippen molar-refractivity contribution in [2.45, 2.75) is 23.9 Å². The number of benzene rings is 3. The third kappa shape index (κ3) is 5.72. The Hall–Kier alpha value is -3.89. The van der Waals surface area contributed by atoms with Gasteiger partial charge in [-0.2, -0.15) is 9.82 Å². The third-order valence-electron chi connectivity index (χ3n) is 5.11. The molecule has 174 valence electrons. The summed E-state index contributed by atoms with van der Waals surface area (Å²) < 4.78 is 43.8. The van der Waals surface area contributed by atoms with Crippen LogP contribution >= 0.6 is 0 Å². The highest BCUT2D eigenvalue weighted by molar-refractivity contribution is 7.89. The van der Waals surface area contributed by atoms with E-state index in [9.17, 15) is 17.6 Å². The molecule has 2 N–H and O–H groups in total. The molecule has 1 heterocycles. The minimum atomic E-state index is -4.27. The van der Waals surface area contributed by atoms with Crippen LogP contribution in [0.5, 0.6) is 0 Å². The van der Waals surface area contributed by atoms with E-state index < -0.39 is 32.7 Å². The average Bonchev–Trinajstić information content (AvgIpc) is 3.38. The SMILES string of the molecule is O=C(NCc1ccc(-n2cncn2)cc1)C(Cc1ccccc1)NS(=O)(=O)c1ccccc1F. The van der Waals surface area contributed by atoms with Crippen molar-refractivity contribution in [1.82, 2.24) is 24.8 Å². The summed E-state index contributed by atoms with van der Waals surface area (Å²) in [4.78, 5) is 16.4. The number of sulfonamides is 1. The molecule has 0 aliphatic carbocycles. The Labute approximate surface area is 196 Å². The second-order valence-corrected chi connectivity index (χ2v) is 9.20. The zero-order valence-corrected chi connectivity index (χ0v) is 18.8. The van der Waals surface area contributed by atoms with Crippen LogP contribution in [-0.4, -0.2) is 35.1 Å². The first-order chi connectivity index (χ1) is 16.4. The predicted octanol–water partition coefficient (Wildman–Crippen LogP) is 2.61. The molecule has 0 radical (unpaired) electrons. The van der Waals surface area contributed by atoms with Crippen molar-refractivity contribution in [2.24, 2.45) is 0 Å². The quantitative estimate of drug-likeness (QED) is 0.384. The number of halogens is 1. The molecule has 0 aliphatic heterocycles. The van der Waals surface area contributed by atoms with E-state index in [1.54, 1.807) is 35.3 Å². The molecule has 8 nitrogen and oxygen atoms in total. The Bertz CT molecular complexity index is 1350. The first-order valence-electron chi connectivity index (χ1n) is 10.4. The fourth-order valence-electron chi connectivity index (χ4n) is 3.37. The molecule has 10 heteroatoms. The van der Waals surface area contributed by atoms with E-state index in [-0.39, 0.29) is 13.0 Å². The van der Waals surface area contributed by atoms with E-state index in [0.29, 0.717) is 0 Å². The molecule has 0 saturated carbocycles. The van der Waals surface area contributed by atoms with Crippen LogP contribution in [0.15, 0.2) is 96.4 Å². The molecular formula is C24H22FN5O3S. The van der Waals surface area contributed by atoms with Gasteiger partial charge < -0.3 is 5.32 Å². The van der Waals surface area contributed by atoms with Gasteiger partial charge in [0.1, 0.15) is 29.4 Å². The van der Waals surface area contributed by atoms with Crippen molar-refractivity contribution in [3.05, 3.63) is 108 Å². The van der Waals surface area contributed by atoms with Crippen molar-refractivity contribution >= 4 is 15.9 Å².